The molecule has 1 aromatic rings. The summed E-state index contributed by atoms with van der Waals surface area (Å²) >= 11 is 0. The lowest BCUT2D eigenvalue weighted by Gasteiger charge is -2.09. The highest BCUT2D eigenvalue weighted by Gasteiger charge is 2.29. The van der Waals surface area contributed by atoms with Gasteiger partial charge in [0.2, 0.25) is 0 Å². The summed E-state index contributed by atoms with van der Waals surface area (Å²) in [5, 5.41) is 2.65. The quantitative estimate of drug-likeness (QED) is 0.784. The van der Waals surface area contributed by atoms with Gasteiger partial charge < -0.3 is 5.32 Å². The van der Waals surface area contributed by atoms with E-state index < -0.39 is 9.84 Å². The fraction of sp³-hybridized carbons (Fsp3) is 0.500. The number of aryl methyl sites for hydroxylation is 1. The van der Waals surface area contributed by atoms with Crippen LogP contribution in [0.1, 0.15) is 22.6 Å². The van der Waals surface area contributed by atoms with Gasteiger partial charge in [-0.15, -0.1) is 0 Å². The van der Waals surface area contributed by atoms with Crippen LogP contribution in [-0.4, -0.2) is 41.8 Å². The predicted molar refractivity (Wildman–Crippen MR) is 61.3 cm³/mol. The van der Waals surface area contributed by atoms with E-state index in [0.29, 0.717) is 6.42 Å². The van der Waals surface area contributed by atoms with E-state index in [1.54, 1.807) is 6.92 Å². The van der Waals surface area contributed by atoms with E-state index in [1.807, 2.05) is 0 Å². The van der Waals surface area contributed by atoms with Gasteiger partial charge in [-0.25, -0.2) is 13.4 Å². The molecule has 1 aromatic heterocycles. The molecule has 1 aliphatic rings. The fourth-order valence-corrected chi connectivity index (χ4v) is 3.35. The highest BCUT2D eigenvalue weighted by atomic mass is 32.2. The van der Waals surface area contributed by atoms with Crippen LogP contribution in [0.15, 0.2) is 12.4 Å². The Morgan fingerprint density at radius 2 is 2.18 bits per heavy atom. The number of nitrogens with zero attached hydrogens (tertiary/aromatic N) is 2. The minimum atomic E-state index is -2.98. The third-order valence-corrected chi connectivity index (χ3v) is 4.35. The third-order valence-electron chi connectivity index (χ3n) is 2.58. The van der Waals surface area contributed by atoms with Gasteiger partial charge in [0.25, 0.3) is 5.91 Å². The van der Waals surface area contributed by atoms with E-state index in [9.17, 15) is 13.2 Å². The molecule has 92 valence electrons. The van der Waals surface area contributed by atoms with Gasteiger partial charge in [0, 0.05) is 12.2 Å². The Kier molecular flexibility index (Phi) is 3.10. The van der Waals surface area contributed by atoms with E-state index in [0.717, 1.165) is 5.69 Å². The maximum absolute atomic E-state index is 11.7. The molecule has 1 saturated heterocycles. The van der Waals surface area contributed by atoms with E-state index in [4.69, 9.17) is 0 Å². The molecule has 0 aromatic carbocycles. The van der Waals surface area contributed by atoms with Gasteiger partial charge in [-0.3, -0.25) is 9.78 Å². The van der Waals surface area contributed by atoms with Crippen LogP contribution >= 0.6 is 0 Å². The van der Waals surface area contributed by atoms with Gasteiger partial charge in [-0.1, -0.05) is 0 Å². The summed E-state index contributed by atoms with van der Waals surface area (Å²) < 4.78 is 22.4. The van der Waals surface area contributed by atoms with Crippen molar-refractivity contribution in [2.75, 3.05) is 11.5 Å². The Hall–Kier alpha value is -1.50. The summed E-state index contributed by atoms with van der Waals surface area (Å²) in [6.07, 6.45) is 3.35. The molecule has 1 N–H and O–H groups in total. The second-order valence-electron chi connectivity index (χ2n) is 4.12. The Bertz CT molecular complexity index is 524. The molecular weight excluding hydrogens is 242 g/mol. The second kappa shape index (κ2) is 4.40. The number of amides is 1. The Morgan fingerprint density at radius 1 is 1.41 bits per heavy atom. The molecular formula is C10H13N3O3S. The highest BCUT2D eigenvalue weighted by Crippen LogP contribution is 2.11. The maximum Gasteiger partial charge on any atom is 0.271 e. The largest absolute Gasteiger partial charge is 0.347 e. The molecule has 1 atom stereocenters. The Morgan fingerprint density at radius 3 is 2.71 bits per heavy atom. The smallest absolute Gasteiger partial charge is 0.271 e. The lowest BCUT2D eigenvalue weighted by atomic mass is 10.2. The van der Waals surface area contributed by atoms with Crippen LogP contribution in [0.4, 0.5) is 0 Å². The van der Waals surface area contributed by atoms with Crippen LogP contribution in [0.2, 0.25) is 0 Å². The summed E-state index contributed by atoms with van der Waals surface area (Å²) in [4.78, 5) is 19.6. The van der Waals surface area contributed by atoms with Crippen molar-refractivity contribution in [3.63, 3.8) is 0 Å². The zero-order valence-electron chi connectivity index (χ0n) is 9.38. The number of carbonyl (C=O) groups excluding carboxylic acids is 1. The van der Waals surface area contributed by atoms with E-state index in [2.05, 4.69) is 15.3 Å². The first-order valence-electron chi connectivity index (χ1n) is 5.26. The highest BCUT2D eigenvalue weighted by molar-refractivity contribution is 7.91. The zero-order valence-corrected chi connectivity index (χ0v) is 10.2. The van der Waals surface area contributed by atoms with Crippen molar-refractivity contribution < 1.29 is 13.2 Å². The van der Waals surface area contributed by atoms with Gasteiger partial charge in [-0.2, -0.15) is 0 Å². The molecule has 7 heteroatoms. The average Bonchev–Trinajstić information content (AvgIpc) is 2.59. The molecule has 1 unspecified atom stereocenters. The van der Waals surface area contributed by atoms with Crippen LogP contribution in [-0.2, 0) is 9.84 Å². The van der Waals surface area contributed by atoms with Gasteiger partial charge >= 0.3 is 0 Å². The Labute approximate surface area is 99.4 Å². The van der Waals surface area contributed by atoms with Crippen LogP contribution < -0.4 is 5.32 Å². The molecule has 0 saturated carbocycles. The van der Waals surface area contributed by atoms with Crippen LogP contribution in [0.3, 0.4) is 0 Å². The number of aromatic nitrogens is 2. The molecule has 1 fully saturated rings. The first-order chi connectivity index (χ1) is 7.96. The fourth-order valence-electron chi connectivity index (χ4n) is 1.68. The summed E-state index contributed by atoms with van der Waals surface area (Å²) in [7, 11) is -2.98. The topological polar surface area (TPSA) is 89.0 Å². The SMILES string of the molecule is Cc1cnc(C(=O)NC2CCS(=O)(=O)C2)cn1. The molecule has 2 rings (SSSR count). The van der Waals surface area contributed by atoms with Gasteiger partial charge in [0.1, 0.15) is 5.69 Å². The molecule has 17 heavy (non-hydrogen) atoms. The summed E-state index contributed by atoms with van der Waals surface area (Å²) in [5.74, 6) is -0.227. The number of hydrogen-bond acceptors (Lipinski definition) is 5. The Balaban J connectivity index is 2.01. The molecule has 0 spiro atoms. The van der Waals surface area contributed by atoms with Crippen LogP contribution in [0, 0.1) is 6.92 Å². The van der Waals surface area contributed by atoms with E-state index in [1.165, 1.54) is 12.4 Å². The van der Waals surface area contributed by atoms with Crippen molar-refractivity contribution in [1.29, 1.82) is 0 Å². The second-order valence-corrected chi connectivity index (χ2v) is 6.35. The molecule has 0 bridgehead atoms. The number of rotatable bonds is 2. The first-order valence-corrected chi connectivity index (χ1v) is 7.08. The summed E-state index contributed by atoms with van der Waals surface area (Å²) in [6, 6.07) is -0.310. The molecule has 2 heterocycles. The number of hydrogen-bond donors (Lipinski definition) is 1. The maximum atomic E-state index is 11.7. The number of nitrogens with one attached hydrogen (secondary N) is 1. The zero-order chi connectivity index (χ0) is 12.5. The lowest BCUT2D eigenvalue weighted by molar-refractivity contribution is 0.0935. The average molecular weight is 255 g/mol. The van der Waals surface area contributed by atoms with Crippen molar-refractivity contribution in [2.24, 2.45) is 0 Å². The summed E-state index contributed by atoms with van der Waals surface area (Å²) in [5.41, 5.74) is 0.935. The van der Waals surface area contributed by atoms with Crippen molar-refractivity contribution in [3.8, 4) is 0 Å². The predicted octanol–water partition coefficient (Wildman–Crippen LogP) is -0.298. The monoisotopic (exact) mass is 255 g/mol. The first kappa shape index (κ1) is 12.0. The van der Waals surface area contributed by atoms with Crippen molar-refractivity contribution in [1.82, 2.24) is 15.3 Å². The van der Waals surface area contributed by atoms with Gasteiger partial charge in [0.15, 0.2) is 9.84 Å². The normalized spacial score (nSPS) is 22.3. The standard InChI is InChI=1S/C10H13N3O3S/c1-7-4-12-9(5-11-7)10(14)13-8-2-3-17(15,16)6-8/h4-5,8H,2-3,6H2,1H3,(H,13,14). The van der Waals surface area contributed by atoms with E-state index >= 15 is 0 Å². The molecule has 6 nitrogen and oxygen atoms in total. The molecule has 1 amide bonds. The summed E-state index contributed by atoms with van der Waals surface area (Å²) in [6.45, 7) is 1.78. The number of sulfone groups is 1. The minimum Gasteiger partial charge on any atom is -0.347 e. The van der Waals surface area contributed by atoms with Gasteiger partial charge in [0.05, 0.1) is 23.4 Å². The van der Waals surface area contributed by atoms with Gasteiger partial charge in [-0.05, 0) is 13.3 Å². The lowest BCUT2D eigenvalue weighted by Crippen LogP contribution is -2.36. The molecule has 0 aliphatic carbocycles. The molecule has 1 aliphatic heterocycles. The van der Waals surface area contributed by atoms with Crippen molar-refractivity contribution in [2.45, 2.75) is 19.4 Å². The van der Waals surface area contributed by atoms with Crippen molar-refractivity contribution >= 4 is 15.7 Å². The third kappa shape index (κ3) is 3.00. The number of carbonyl (C=O) groups is 1. The van der Waals surface area contributed by atoms with Crippen LogP contribution in [0.25, 0.3) is 0 Å². The van der Waals surface area contributed by atoms with Crippen LogP contribution in [0.5, 0.6) is 0 Å². The van der Waals surface area contributed by atoms with E-state index in [-0.39, 0.29) is 29.1 Å². The molecule has 0 radical (unpaired) electrons. The van der Waals surface area contributed by atoms with Crippen molar-refractivity contribution in [3.05, 3.63) is 23.8 Å². The minimum absolute atomic E-state index is 0.0119.